The smallest absolute Gasteiger partial charge is 0.0398 e. The molecule has 1 heterocycles. The molecule has 0 amide bonds. The molecule has 0 aliphatic carbocycles. The van der Waals surface area contributed by atoms with E-state index in [1.165, 1.54) is 29.8 Å². The third kappa shape index (κ3) is 2.47. The highest BCUT2D eigenvalue weighted by Crippen LogP contribution is 2.31. The molecular weight excluding hydrogens is 208 g/mol. The quantitative estimate of drug-likeness (QED) is 0.862. The number of hydrogen-bond acceptors (Lipinski definition) is 2. The van der Waals surface area contributed by atoms with Gasteiger partial charge in [-0.05, 0) is 58.3 Å². The van der Waals surface area contributed by atoms with Gasteiger partial charge < -0.3 is 10.2 Å². The van der Waals surface area contributed by atoms with Gasteiger partial charge in [-0.15, -0.1) is 0 Å². The fourth-order valence-electron chi connectivity index (χ4n) is 3.01. The second-order valence-corrected chi connectivity index (χ2v) is 5.33. The zero-order valence-corrected chi connectivity index (χ0v) is 11.5. The van der Waals surface area contributed by atoms with Crippen LogP contribution in [0.3, 0.4) is 0 Å². The highest BCUT2D eigenvalue weighted by atomic mass is 15.2. The molecule has 2 rings (SSSR count). The lowest BCUT2D eigenvalue weighted by atomic mass is 10.0. The van der Waals surface area contributed by atoms with Gasteiger partial charge in [0.05, 0.1) is 0 Å². The Kier molecular flexibility index (Phi) is 3.72. The minimum absolute atomic E-state index is 0.642. The van der Waals surface area contributed by atoms with Crippen LogP contribution in [0.2, 0.25) is 0 Å². The summed E-state index contributed by atoms with van der Waals surface area (Å²) in [5.74, 6) is 0.778. The van der Waals surface area contributed by atoms with E-state index in [2.05, 4.69) is 49.2 Å². The topological polar surface area (TPSA) is 15.3 Å². The Morgan fingerprint density at radius 1 is 1.35 bits per heavy atom. The normalized spacial score (nSPS) is 24.4. The molecule has 0 aromatic heterocycles. The van der Waals surface area contributed by atoms with E-state index in [1.807, 2.05) is 7.05 Å². The van der Waals surface area contributed by atoms with Gasteiger partial charge in [-0.25, -0.2) is 0 Å². The van der Waals surface area contributed by atoms with Crippen molar-refractivity contribution in [2.75, 3.05) is 25.0 Å². The lowest BCUT2D eigenvalue weighted by Gasteiger charge is -2.28. The van der Waals surface area contributed by atoms with E-state index in [4.69, 9.17) is 0 Å². The minimum Gasteiger partial charge on any atom is -0.368 e. The van der Waals surface area contributed by atoms with Crippen LogP contribution in [0.4, 0.5) is 5.69 Å². The van der Waals surface area contributed by atoms with Crippen LogP contribution >= 0.6 is 0 Å². The molecule has 1 aliphatic rings. The van der Waals surface area contributed by atoms with Crippen LogP contribution < -0.4 is 10.2 Å². The first-order valence-corrected chi connectivity index (χ1v) is 6.62. The van der Waals surface area contributed by atoms with Gasteiger partial charge in [-0.3, -0.25) is 0 Å². The minimum atomic E-state index is 0.642. The van der Waals surface area contributed by atoms with Crippen LogP contribution in [-0.2, 0) is 0 Å². The third-order valence-corrected chi connectivity index (χ3v) is 4.04. The van der Waals surface area contributed by atoms with Crippen molar-refractivity contribution >= 4 is 5.69 Å². The standard InChI is InChI=1S/C15H24N2/c1-11-5-6-15(12(2)9-11)17-8-7-14(10-16-4)13(17)3/h5-6,9,13-14,16H,7-8,10H2,1-4H3. The summed E-state index contributed by atoms with van der Waals surface area (Å²) in [6.07, 6.45) is 1.30. The zero-order valence-electron chi connectivity index (χ0n) is 11.5. The average Bonchev–Trinajstić information content (AvgIpc) is 2.62. The summed E-state index contributed by atoms with van der Waals surface area (Å²) in [5, 5.41) is 3.31. The van der Waals surface area contributed by atoms with E-state index in [0.717, 1.165) is 12.5 Å². The van der Waals surface area contributed by atoms with Crippen LogP contribution in [0.15, 0.2) is 18.2 Å². The van der Waals surface area contributed by atoms with Gasteiger partial charge in [0.2, 0.25) is 0 Å². The third-order valence-electron chi connectivity index (χ3n) is 4.04. The van der Waals surface area contributed by atoms with E-state index < -0.39 is 0 Å². The Labute approximate surface area is 105 Å². The highest BCUT2D eigenvalue weighted by molar-refractivity contribution is 5.56. The van der Waals surface area contributed by atoms with Gasteiger partial charge in [0.1, 0.15) is 0 Å². The number of nitrogens with zero attached hydrogens (tertiary/aromatic N) is 1. The largest absolute Gasteiger partial charge is 0.368 e. The van der Waals surface area contributed by atoms with Crippen molar-refractivity contribution in [1.29, 1.82) is 0 Å². The van der Waals surface area contributed by atoms with Gasteiger partial charge in [0.25, 0.3) is 0 Å². The van der Waals surface area contributed by atoms with E-state index >= 15 is 0 Å². The molecule has 17 heavy (non-hydrogen) atoms. The first-order valence-electron chi connectivity index (χ1n) is 6.62. The fraction of sp³-hybridized carbons (Fsp3) is 0.600. The van der Waals surface area contributed by atoms with Crippen molar-refractivity contribution in [2.45, 2.75) is 33.2 Å². The zero-order chi connectivity index (χ0) is 12.4. The van der Waals surface area contributed by atoms with E-state index in [1.54, 1.807) is 0 Å². The molecule has 0 spiro atoms. The van der Waals surface area contributed by atoms with Gasteiger partial charge in [0, 0.05) is 18.3 Å². The van der Waals surface area contributed by atoms with E-state index in [-0.39, 0.29) is 0 Å². The fourth-order valence-corrected chi connectivity index (χ4v) is 3.01. The second kappa shape index (κ2) is 5.09. The van der Waals surface area contributed by atoms with Crippen molar-refractivity contribution in [3.63, 3.8) is 0 Å². The molecule has 94 valence electrons. The number of anilines is 1. The van der Waals surface area contributed by atoms with E-state index in [0.29, 0.717) is 6.04 Å². The number of rotatable bonds is 3. The average molecular weight is 232 g/mol. The van der Waals surface area contributed by atoms with E-state index in [9.17, 15) is 0 Å². The lowest BCUT2D eigenvalue weighted by Crippen LogP contribution is -2.33. The summed E-state index contributed by atoms with van der Waals surface area (Å²) in [6, 6.07) is 7.43. The summed E-state index contributed by atoms with van der Waals surface area (Å²) in [6.45, 7) is 9.06. The summed E-state index contributed by atoms with van der Waals surface area (Å²) >= 11 is 0. The van der Waals surface area contributed by atoms with Gasteiger partial charge >= 0.3 is 0 Å². The molecule has 2 atom stereocenters. The molecule has 0 bridgehead atoms. The second-order valence-electron chi connectivity index (χ2n) is 5.33. The van der Waals surface area contributed by atoms with Gasteiger partial charge in [0.15, 0.2) is 0 Å². The van der Waals surface area contributed by atoms with Crippen molar-refractivity contribution in [1.82, 2.24) is 5.32 Å². The van der Waals surface area contributed by atoms with Crippen LogP contribution in [0.25, 0.3) is 0 Å². The molecule has 1 fully saturated rings. The lowest BCUT2D eigenvalue weighted by molar-refractivity contribution is 0.473. The SMILES string of the molecule is CNCC1CCN(c2ccc(C)cc2C)C1C. The molecular formula is C15H24N2. The summed E-state index contributed by atoms with van der Waals surface area (Å²) in [4.78, 5) is 2.57. The number of benzene rings is 1. The molecule has 2 unspecified atom stereocenters. The van der Waals surface area contributed by atoms with Gasteiger partial charge in [-0.1, -0.05) is 17.7 Å². The summed E-state index contributed by atoms with van der Waals surface area (Å²) in [5.41, 5.74) is 4.17. The summed E-state index contributed by atoms with van der Waals surface area (Å²) in [7, 11) is 2.05. The van der Waals surface area contributed by atoms with Crippen LogP contribution in [0.5, 0.6) is 0 Å². The molecule has 1 aliphatic heterocycles. The predicted octanol–water partition coefficient (Wildman–Crippen LogP) is 2.74. The Hall–Kier alpha value is -1.02. The highest BCUT2D eigenvalue weighted by Gasteiger charge is 2.30. The maximum atomic E-state index is 3.31. The molecule has 0 saturated carbocycles. The molecule has 2 nitrogen and oxygen atoms in total. The Morgan fingerprint density at radius 2 is 2.12 bits per heavy atom. The first kappa shape index (κ1) is 12.4. The molecule has 2 heteroatoms. The van der Waals surface area contributed by atoms with Crippen molar-refractivity contribution in [3.05, 3.63) is 29.3 Å². The van der Waals surface area contributed by atoms with Crippen LogP contribution in [0, 0.1) is 19.8 Å². The monoisotopic (exact) mass is 232 g/mol. The van der Waals surface area contributed by atoms with Crippen molar-refractivity contribution < 1.29 is 0 Å². The van der Waals surface area contributed by atoms with Crippen molar-refractivity contribution in [3.8, 4) is 0 Å². The molecule has 1 aromatic rings. The molecule has 1 saturated heterocycles. The van der Waals surface area contributed by atoms with Crippen LogP contribution in [-0.4, -0.2) is 26.2 Å². The molecule has 1 aromatic carbocycles. The number of nitrogens with one attached hydrogen (secondary N) is 1. The number of hydrogen-bond donors (Lipinski definition) is 1. The number of aryl methyl sites for hydroxylation is 2. The maximum absolute atomic E-state index is 3.31. The van der Waals surface area contributed by atoms with Gasteiger partial charge in [-0.2, -0.15) is 0 Å². The Bertz CT molecular complexity index is 387. The Balaban J connectivity index is 2.18. The predicted molar refractivity (Wildman–Crippen MR) is 74.8 cm³/mol. The first-order chi connectivity index (χ1) is 8.13. The molecule has 0 radical (unpaired) electrons. The maximum Gasteiger partial charge on any atom is 0.0398 e. The molecule has 1 N–H and O–H groups in total. The summed E-state index contributed by atoms with van der Waals surface area (Å²) < 4.78 is 0. The van der Waals surface area contributed by atoms with Crippen molar-refractivity contribution in [2.24, 2.45) is 5.92 Å². The Morgan fingerprint density at radius 3 is 2.76 bits per heavy atom. The van der Waals surface area contributed by atoms with Crippen LogP contribution in [0.1, 0.15) is 24.5 Å².